The van der Waals surface area contributed by atoms with Crippen LogP contribution in [0, 0.1) is 0 Å². The molecule has 0 spiro atoms. The Bertz CT molecular complexity index is 296. The molecular weight excluding hydrogens is 236 g/mol. The highest BCUT2D eigenvalue weighted by atomic mass is 19.3. The summed E-state index contributed by atoms with van der Waals surface area (Å²) < 4.78 is 55.6. The molecule has 0 aromatic rings. The number of hydrogen-bond acceptors (Lipinski definition) is 4. The summed E-state index contributed by atoms with van der Waals surface area (Å²) in [4.78, 5) is 21.3. The van der Waals surface area contributed by atoms with Crippen molar-refractivity contribution in [3.63, 3.8) is 0 Å². The standard InChI is InChI=1S/C8H8F4O4/c1-2-15-7(13)8(14)16-3-4(5(9)10)6(11)12/h5H,2-3H2,1H3. The van der Waals surface area contributed by atoms with Gasteiger partial charge in [0.05, 0.1) is 12.2 Å². The SMILES string of the molecule is CCOC(=O)C(=O)OCC(=C(F)F)C(F)F. The Balaban J connectivity index is 4.29. The quantitative estimate of drug-likeness (QED) is 0.427. The number of ether oxygens (including phenoxy) is 2. The van der Waals surface area contributed by atoms with E-state index >= 15 is 0 Å². The van der Waals surface area contributed by atoms with Crippen molar-refractivity contribution in [1.29, 1.82) is 0 Å². The molecule has 0 heterocycles. The van der Waals surface area contributed by atoms with E-state index in [9.17, 15) is 27.2 Å². The number of carbonyl (C=O) groups is 2. The molecule has 0 atom stereocenters. The van der Waals surface area contributed by atoms with Crippen molar-refractivity contribution in [2.24, 2.45) is 0 Å². The highest BCUT2D eigenvalue weighted by Crippen LogP contribution is 2.16. The summed E-state index contributed by atoms with van der Waals surface area (Å²) in [6, 6.07) is 0. The van der Waals surface area contributed by atoms with Crippen molar-refractivity contribution in [1.82, 2.24) is 0 Å². The molecule has 0 saturated heterocycles. The van der Waals surface area contributed by atoms with Crippen molar-refractivity contribution >= 4 is 11.9 Å². The molecular formula is C8H8F4O4. The van der Waals surface area contributed by atoms with Gasteiger partial charge >= 0.3 is 11.9 Å². The van der Waals surface area contributed by atoms with Crippen LogP contribution >= 0.6 is 0 Å². The molecule has 0 fully saturated rings. The van der Waals surface area contributed by atoms with E-state index < -0.39 is 36.6 Å². The zero-order valence-electron chi connectivity index (χ0n) is 8.14. The molecule has 4 nitrogen and oxygen atoms in total. The van der Waals surface area contributed by atoms with Crippen LogP contribution in [0.3, 0.4) is 0 Å². The van der Waals surface area contributed by atoms with E-state index in [1.807, 2.05) is 0 Å². The van der Waals surface area contributed by atoms with E-state index in [-0.39, 0.29) is 6.61 Å². The van der Waals surface area contributed by atoms with Crippen LogP contribution in [0.1, 0.15) is 6.92 Å². The van der Waals surface area contributed by atoms with Crippen molar-refractivity contribution in [3.8, 4) is 0 Å². The van der Waals surface area contributed by atoms with Crippen molar-refractivity contribution in [2.45, 2.75) is 13.3 Å². The first-order valence-corrected chi connectivity index (χ1v) is 4.06. The third-order valence-corrected chi connectivity index (χ3v) is 1.31. The Morgan fingerprint density at radius 3 is 2.00 bits per heavy atom. The summed E-state index contributed by atoms with van der Waals surface area (Å²) in [5, 5.41) is 0. The normalized spacial score (nSPS) is 9.88. The first-order valence-electron chi connectivity index (χ1n) is 4.06. The lowest BCUT2D eigenvalue weighted by Crippen LogP contribution is -2.22. The molecule has 0 amide bonds. The van der Waals surface area contributed by atoms with Gasteiger partial charge in [0.15, 0.2) is 0 Å². The van der Waals surface area contributed by atoms with E-state index in [4.69, 9.17) is 0 Å². The fraction of sp³-hybridized carbons (Fsp3) is 0.500. The predicted molar refractivity (Wildman–Crippen MR) is 42.8 cm³/mol. The van der Waals surface area contributed by atoms with Gasteiger partial charge in [-0.05, 0) is 6.92 Å². The monoisotopic (exact) mass is 244 g/mol. The van der Waals surface area contributed by atoms with Crippen LogP contribution in [0.25, 0.3) is 0 Å². The number of hydrogen-bond donors (Lipinski definition) is 0. The Hall–Kier alpha value is -1.60. The van der Waals surface area contributed by atoms with Gasteiger partial charge < -0.3 is 9.47 Å². The molecule has 0 aromatic carbocycles. The van der Waals surface area contributed by atoms with Gasteiger partial charge in [0, 0.05) is 0 Å². The molecule has 16 heavy (non-hydrogen) atoms. The minimum atomic E-state index is -3.46. The molecule has 0 N–H and O–H groups in total. The van der Waals surface area contributed by atoms with Gasteiger partial charge in [0.1, 0.15) is 6.61 Å². The van der Waals surface area contributed by atoms with Crippen molar-refractivity contribution < 1.29 is 36.6 Å². The average molecular weight is 244 g/mol. The Morgan fingerprint density at radius 2 is 1.62 bits per heavy atom. The smallest absolute Gasteiger partial charge is 0.417 e. The van der Waals surface area contributed by atoms with E-state index in [1.165, 1.54) is 6.92 Å². The second kappa shape index (κ2) is 6.81. The predicted octanol–water partition coefficient (Wildman–Crippen LogP) is 1.51. The summed E-state index contributed by atoms with van der Waals surface area (Å²) in [6.45, 7) is -0.0719. The van der Waals surface area contributed by atoms with Crippen molar-refractivity contribution in [2.75, 3.05) is 13.2 Å². The van der Waals surface area contributed by atoms with Crippen LogP contribution in [0.15, 0.2) is 11.7 Å². The second-order valence-corrected chi connectivity index (χ2v) is 2.38. The molecule has 92 valence electrons. The van der Waals surface area contributed by atoms with Gasteiger partial charge in [-0.25, -0.2) is 18.4 Å². The zero-order chi connectivity index (χ0) is 12.7. The van der Waals surface area contributed by atoms with E-state index in [2.05, 4.69) is 9.47 Å². The van der Waals surface area contributed by atoms with E-state index in [0.29, 0.717) is 0 Å². The second-order valence-electron chi connectivity index (χ2n) is 2.38. The molecule has 0 aliphatic carbocycles. The molecule has 0 unspecified atom stereocenters. The van der Waals surface area contributed by atoms with Crippen LogP contribution in [-0.2, 0) is 19.1 Å². The molecule has 0 aliphatic heterocycles. The molecule has 8 heteroatoms. The van der Waals surface area contributed by atoms with Crippen LogP contribution in [0.5, 0.6) is 0 Å². The lowest BCUT2D eigenvalue weighted by molar-refractivity contribution is -0.167. The first kappa shape index (κ1) is 14.4. The lowest BCUT2D eigenvalue weighted by atomic mass is 10.3. The zero-order valence-corrected chi connectivity index (χ0v) is 8.14. The van der Waals surface area contributed by atoms with E-state index in [0.717, 1.165) is 0 Å². The molecule has 0 radical (unpaired) electrons. The third kappa shape index (κ3) is 4.76. The largest absolute Gasteiger partial charge is 0.458 e. The van der Waals surface area contributed by atoms with Crippen molar-refractivity contribution in [3.05, 3.63) is 11.7 Å². The maximum Gasteiger partial charge on any atom is 0.417 e. The van der Waals surface area contributed by atoms with E-state index in [1.54, 1.807) is 0 Å². The fourth-order valence-electron chi connectivity index (χ4n) is 0.592. The highest BCUT2D eigenvalue weighted by molar-refractivity contribution is 6.29. The highest BCUT2D eigenvalue weighted by Gasteiger charge is 2.23. The Morgan fingerprint density at radius 1 is 1.12 bits per heavy atom. The average Bonchev–Trinajstić information content (AvgIpc) is 2.16. The summed E-state index contributed by atoms with van der Waals surface area (Å²) >= 11 is 0. The number of rotatable bonds is 4. The number of esters is 2. The van der Waals surface area contributed by atoms with Gasteiger partial charge in [-0.1, -0.05) is 0 Å². The minimum Gasteiger partial charge on any atom is -0.458 e. The van der Waals surface area contributed by atoms with Gasteiger partial charge in [-0.15, -0.1) is 0 Å². The van der Waals surface area contributed by atoms with Gasteiger partial charge in [-0.3, -0.25) is 0 Å². The Kier molecular flexibility index (Phi) is 6.12. The molecule has 0 aliphatic rings. The van der Waals surface area contributed by atoms with Crippen LogP contribution in [-0.4, -0.2) is 31.6 Å². The third-order valence-electron chi connectivity index (χ3n) is 1.31. The fourth-order valence-corrected chi connectivity index (χ4v) is 0.592. The summed E-state index contributed by atoms with van der Waals surface area (Å²) in [5.74, 6) is -3.02. The molecule has 0 aromatic heterocycles. The maximum atomic E-state index is 11.9. The maximum absolute atomic E-state index is 11.9. The first-order chi connectivity index (χ1) is 7.40. The lowest BCUT2D eigenvalue weighted by Gasteiger charge is -2.06. The van der Waals surface area contributed by atoms with Gasteiger partial charge in [0.2, 0.25) is 0 Å². The summed E-state index contributed by atoms with van der Waals surface area (Å²) in [5.41, 5.74) is -1.64. The van der Waals surface area contributed by atoms with Crippen LogP contribution in [0.2, 0.25) is 0 Å². The summed E-state index contributed by atoms with van der Waals surface area (Å²) in [6.07, 6.45) is -6.10. The number of alkyl halides is 2. The summed E-state index contributed by atoms with van der Waals surface area (Å²) in [7, 11) is 0. The molecule has 0 rings (SSSR count). The van der Waals surface area contributed by atoms with Gasteiger partial charge in [-0.2, -0.15) is 8.78 Å². The number of halogens is 4. The minimum absolute atomic E-state index is 0.122. The topological polar surface area (TPSA) is 52.6 Å². The number of carbonyl (C=O) groups excluding carboxylic acids is 2. The molecule has 0 saturated carbocycles. The van der Waals surface area contributed by atoms with Crippen LogP contribution < -0.4 is 0 Å². The van der Waals surface area contributed by atoms with Crippen LogP contribution in [0.4, 0.5) is 17.6 Å². The Labute approximate surface area is 87.8 Å². The van der Waals surface area contributed by atoms with Gasteiger partial charge in [0.25, 0.3) is 12.5 Å². The molecule has 0 bridgehead atoms.